The minimum atomic E-state index is -0.366. The van der Waals surface area contributed by atoms with E-state index in [1.165, 1.54) is 0 Å². The van der Waals surface area contributed by atoms with Crippen LogP contribution in [0.2, 0.25) is 0 Å². The molecule has 0 aliphatic carbocycles. The predicted molar refractivity (Wildman–Crippen MR) is 92.7 cm³/mol. The molecule has 0 spiro atoms. The van der Waals surface area contributed by atoms with E-state index in [1.54, 1.807) is 10.6 Å². The van der Waals surface area contributed by atoms with E-state index in [9.17, 15) is 4.79 Å². The van der Waals surface area contributed by atoms with Crippen molar-refractivity contribution in [2.45, 2.75) is 6.54 Å². The van der Waals surface area contributed by atoms with Crippen molar-refractivity contribution in [3.05, 3.63) is 40.8 Å². The maximum atomic E-state index is 12.6. The Bertz CT molecular complexity index is 1090. The lowest BCUT2D eigenvalue weighted by atomic mass is 10.0. The normalized spacial score (nSPS) is 14.2. The molecule has 5 rings (SSSR count). The van der Waals surface area contributed by atoms with Gasteiger partial charge in [0, 0.05) is 30.1 Å². The third kappa shape index (κ3) is 2.19. The number of nitrogens with zero attached hydrogens (tertiary/aromatic N) is 2. The molecule has 2 N–H and O–H groups in total. The zero-order valence-corrected chi connectivity index (χ0v) is 13.7. The fourth-order valence-electron chi connectivity index (χ4n) is 3.27. The van der Waals surface area contributed by atoms with Crippen molar-refractivity contribution in [3.8, 4) is 34.3 Å². The van der Waals surface area contributed by atoms with Crippen LogP contribution in [0.1, 0.15) is 0 Å². The summed E-state index contributed by atoms with van der Waals surface area (Å²) in [5.74, 6) is 2.53. The van der Waals surface area contributed by atoms with E-state index in [2.05, 4.69) is 4.98 Å². The molecule has 0 bridgehead atoms. The van der Waals surface area contributed by atoms with Gasteiger partial charge in [-0.25, -0.2) is 4.79 Å². The van der Waals surface area contributed by atoms with Gasteiger partial charge in [-0.1, -0.05) is 0 Å². The molecule has 1 aromatic heterocycles. The van der Waals surface area contributed by atoms with Gasteiger partial charge in [0.1, 0.15) is 0 Å². The van der Waals surface area contributed by atoms with Gasteiger partial charge >= 0.3 is 5.69 Å². The van der Waals surface area contributed by atoms with Crippen molar-refractivity contribution >= 4 is 10.9 Å². The van der Waals surface area contributed by atoms with Gasteiger partial charge < -0.3 is 24.7 Å². The van der Waals surface area contributed by atoms with Crippen LogP contribution in [0.5, 0.6) is 23.0 Å². The van der Waals surface area contributed by atoms with Crippen molar-refractivity contribution in [2.24, 2.45) is 5.73 Å². The Hall–Kier alpha value is -3.26. The van der Waals surface area contributed by atoms with Crippen LogP contribution >= 0.6 is 0 Å². The SMILES string of the molecule is NCCn1c(=O)nc(-c2ccc3c(c2)OCO3)c2cc3c(cc21)OCO3. The number of nitrogens with two attached hydrogens (primary N) is 1. The topological polar surface area (TPSA) is 97.8 Å². The van der Waals surface area contributed by atoms with E-state index < -0.39 is 0 Å². The highest BCUT2D eigenvalue weighted by atomic mass is 16.7. The van der Waals surface area contributed by atoms with Crippen molar-refractivity contribution in [3.63, 3.8) is 0 Å². The van der Waals surface area contributed by atoms with Crippen LogP contribution < -0.4 is 30.4 Å². The third-order valence-corrected chi connectivity index (χ3v) is 4.47. The predicted octanol–water partition coefficient (Wildman–Crippen LogP) is 1.48. The summed E-state index contributed by atoms with van der Waals surface area (Å²) in [5.41, 5.74) is 7.32. The van der Waals surface area contributed by atoms with Crippen molar-refractivity contribution in [1.82, 2.24) is 9.55 Å². The zero-order valence-electron chi connectivity index (χ0n) is 13.7. The summed E-state index contributed by atoms with van der Waals surface area (Å²) in [6, 6.07) is 9.13. The molecule has 0 atom stereocenters. The maximum absolute atomic E-state index is 12.6. The van der Waals surface area contributed by atoms with E-state index in [0.717, 1.165) is 10.9 Å². The molecule has 26 heavy (non-hydrogen) atoms. The standard InChI is InChI=1S/C18H15N3O5/c19-3-4-21-12-7-16-15(25-9-26-16)6-11(12)17(20-18(21)22)10-1-2-13-14(5-10)24-8-23-13/h1-2,5-7H,3-4,8-9,19H2. The first-order valence-corrected chi connectivity index (χ1v) is 8.19. The van der Waals surface area contributed by atoms with Gasteiger partial charge in [-0.05, 0) is 24.3 Å². The van der Waals surface area contributed by atoms with Gasteiger partial charge in [0.05, 0.1) is 11.2 Å². The van der Waals surface area contributed by atoms with Crippen LogP contribution in [0.4, 0.5) is 0 Å². The van der Waals surface area contributed by atoms with Crippen molar-refractivity contribution < 1.29 is 18.9 Å². The molecular weight excluding hydrogens is 338 g/mol. The molecular formula is C18H15N3O5. The summed E-state index contributed by atoms with van der Waals surface area (Å²) >= 11 is 0. The second-order valence-corrected chi connectivity index (χ2v) is 5.97. The van der Waals surface area contributed by atoms with Gasteiger partial charge in [0.2, 0.25) is 13.6 Å². The number of fused-ring (bicyclic) bond motifs is 3. The number of ether oxygens (including phenoxy) is 4. The molecule has 0 radical (unpaired) electrons. The number of rotatable bonds is 3. The van der Waals surface area contributed by atoms with Gasteiger partial charge in [0.25, 0.3) is 0 Å². The highest BCUT2D eigenvalue weighted by molar-refractivity contribution is 5.95. The van der Waals surface area contributed by atoms with Crippen LogP contribution in [0.3, 0.4) is 0 Å². The molecule has 0 unspecified atom stereocenters. The monoisotopic (exact) mass is 353 g/mol. The lowest BCUT2D eigenvalue weighted by Crippen LogP contribution is -2.27. The minimum Gasteiger partial charge on any atom is -0.454 e. The number of benzene rings is 2. The number of aromatic nitrogens is 2. The molecule has 0 saturated heterocycles. The second-order valence-electron chi connectivity index (χ2n) is 5.97. The van der Waals surface area contributed by atoms with Crippen LogP contribution in [0.25, 0.3) is 22.2 Å². The van der Waals surface area contributed by atoms with Gasteiger partial charge in [-0.3, -0.25) is 4.57 Å². The Morgan fingerprint density at radius 3 is 2.42 bits per heavy atom. The van der Waals surface area contributed by atoms with Crippen LogP contribution in [0.15, 0.2) is 35.1 Å². The first kappa shape index (κ1) is 15.0. The molecule has 8 heteroatoms. The Morgan fingerprint density at radius 1 is 0.962 bits per heavy atom. The van der Waals surface area contributed by atoms with E-state index in [4.69, 9.17) is 24.7 Å². The fraction of sp³-hybridized carbons (Fsp3) is 0.222. The first-order valence-electron chi connectivity index (χ1n) is 8.19. The molecule has 2 aliphatic rings. The van der Waals surface area contributed by atoms with Crippen molar-refractivity contribution in [2.75, 3.05) is 20.1 Å². The largest absolute Gasteiger partial charge is 0.454 e. The fourth-order valence-corrected chi connectivity index (χ4v) is 3.27. The van der Waals surface area contributed by atoms with Crippen LogP contribution in [-0.4, -0.2) is 29.7 Å². The number of hydrogen-bond donors (Lipinski definition) is 1. The Kier molecular flexibility index (Phi) is 3.26. The molecule has 3 heterocycles. The highest BCUT2D eigenvalue weighted by Gasteiger charge is 2.21. The van der Waals surface area contributed by atoms with Crippen molar-refractivity contribution in [1.29, 1.82) is 0 Å². The van der Waals surface area contributed by atoms with E-state index in [0.29, 0.717) is 47.3 Å². The first-order chi connectivity index (χ1) is 12.7. The molecule has 2 aromatic carbocycles. The Morgan fingerprint density at radius 2 is 1.65 bits per heavy atom. The lowest BCUT2D eigenvalue weighted by Gasteiger charge is -2.13. The molecule has 0 amide bonds. The van der Waals surface area contributed by atoms with Crippen LogP contribution in [0, 0.1) is 0 Å². The van der Waals surface area contributed by atoms with Crippen LogP contribution in [-0.2, 0) is 6.54 Å². The molecule has 0 fully saturated rings. The summed E-state index contributed by atoms with van der Waals surface area (Å²) in [4.78, 5) is 16.9. The Labute approximate surface area is 147 Å². The zero-order chi connectivity index (χ0) is 17.7. The molecule has 132 valence electrons. The van der Waals surface area contributed by atoms with Gasteiger partial charge in [-0.2, -0.15) is 4.98 Å². The summed E-state index contributed by atoms with van der Waals surface area (Å²) < 4.78 is 23.3. The lowest BCUT2D eigenvalue weighted by molar-refractivity contribution is 0.173. The van der Waals surface area contributed by atoms with Gasteiger partial charge in [-0.15, -0.1) is 0 Å². The molecule has 3 aromatic rings. The highest BCUT2D eigenvalue weighted by Crippen LogP contribution is 2.40. The molecule has 8 nitrogen and oxygen atoms in total. The molecule has 0 saturated carbocycles. The summed E-state index contributed by atoms with van der Waals surface area (Å²) in [5, 5.41) is 0.779. The summed E-state index contributed by atoms with van der Waals surface area (Å²) in [6.07, 6.45) is 0. The second kappa shape index (κ2) is 5.63. The quantitative estimate of drug-likeness (QED) is 0.761. The molecule has 2 aliphatic heterocycles. The maximum Gasteiger partial charge on any atom is 0.348 e. The smallest absolute Gasteiger partial charge is 0.348 e. The number of hydrogen-bond acceptors (Lipinski definition) is 7. The van der Waals surface area contributed by atoms with Gasteiger partial charge in [0.15, 0.2) is 23.0 Å². The minimum absolute atomic E-state index is 0.152. The third-order valence-electron chi connectivity index (χ3n) is 4.47. The summed E-state index contributed by atoms with van der Waals surface area (Å²) in [7, 11) is 0. The van der Waals surface area contributed by atoms with E-state index in [-0.39, 0.29) is 19.3 Å². The van der Waals surface area contributed by atoms with E-state index in [1.807, 2.05) is 24.3 Å². The Balaban J connectivity index is 1.80. The summed E-state index contributed by atoms with van der Waals surface area (Å²) in [6.45, 7) is 1.03. The van der Waals surface area contributed by atoms with E-state index >= 15 is 0 Å². The average Bonchev–Trinajstić information content (AvgIpc) is 3.30. The average molecular weight is 353 g/mol.